The SMILES string of the molecule is c1ccc(-c2cc3c4ccccc4n(-c4ccccc4)c3cc2-c2cccc3c4ccccc4n(-c4ccc5c(c4)c4ccccc4n5-c4ccccc4)c23)cc1. The van der Waals surface area contributed by atoms with E-state index < -0.39 is 0 Å². The quantitative estimate of drug-likeness (QED) is 0.168. The highest BCUT2D eigenvalue weighted by molar-refractivity contribution is 6.18. The van der Waals surface area contributed by atoms with E-state index in [-0.39, 0.29) is 0 Å². The maximum atomic E-state index is 2.50. The second-order valence-electron chi connectivity index (χ2n) is 14.9. The Kier molecular flexibility index (Phi) is 6.93. The molecule has 3 heterocycles. The van der Waals surface area contributed by atoms with Crippen molar-refractivity contribution in [3.05, 3.63) is 212 Å². The van der Waals surface area contributed by atoms with Crippen molar-refractivity contribution in [1.29, 1.82) is 0 Å². The fourth-order valence-corrected chi connectivity index (χ4v) is 9.41. The number of para-hydroxylation sites is 6. The minimum absolute atomic E-state index is 1.14. The van der Waals surface area contributed by atoms with Crippen LogP contribution in [0.3, 0.4) is 0 Å². The van der Waals surface area contributed by atoms with Crippen LogP contribution in [0.1, 0.15) is 0 Å². The first-order valence-corrected chi connectivity index (χ1v) is 19.6. The molecule has 0 N–H and O–H groups in total. The molecule has 12 rings (SSSR count). The van der Waals surface area contributed by atoms with Crippen LogP contribution in [0, 0.1) is 0 Å². The molecule has 0 bridgehead atoms. The zero-order valence-electron chi connectivity index (χ0n) is 31.0. The van der Waals surface area contributed by atoms with E-state index in [2.05, 4.69) is 226 Å². The van der Waals surface area contributed by atoms with Crippen LogP contribution in [0.15, 0.2) is 212 Å². The van der Waals surface area contributed by atoms with Gasteiger partial charge in [-0.1, -0.05) is 140 Å². The van der Waals surface area contributed by atoms with Gasteiger partial charge >= 0.3 is 0 Å². The molecule has 57 heavy (non-hydrogen) atoms. The van der Waals surface area contributed by atoms with Crippen molar-refractivity contribution >= 4 is 65.4 Å². The number of fused-ring (bicyclic) bond motifs is 9. The molecule has 0 saturated heterocycles. The summed E-state index contributed by atoms with van der Waals surface area (Å²) < 4.78 is 7.31. The standard InChI is InChI=1S/C54H35N3/c1-4-17-36(18-5-1)45-34-48-42-25-12-14-29-50(42)56(38-21-8-3-9-22-38)53(48)35-46(45)44-27-16-26-43-40-23-10-15-30-51(40)57(54(43)44)39-31-32-52-47(33-39)41-24-11-13-28-49(41)55(52)37-19-6-2-7-20-37/h1-35H. The lowest BCUT2D eigenvalue weighted by Crippen LogP contribution is -1.98. The molecule has 266 valence electrons. The summed E-state index contributed by atoms with van der Waals surface area (Å²) in [6.07, 6.45) is 0. The summed E-state index contributed by atoms with van der Waals surface area (Å²) in [5, 5.41) is 7.43. The Morgan fingerprint density at radius 2 is 0.702 bits per heavy atom. The third-order valence-electron chi connectivity index (χ3n) is 11.8. The Labute approximate surface area is 329 Å². The largest absolute Gasteiger partial charge is 0.309 e. The monoisotopic (exact) mass is 725 g/mol. The van der Waals surface area contributed by atoms with Gasteiger partial charge in [-0.15, -0.1) is 0 Å². The number of hydrogen-bond acceptors (Lipinski definition) is 0. The van der Waals surface area contributed by atoms with Crippen LogP contribution in [0.4, 0.5) is 0 Å². The summed E-state index contributed by atoms with van der Waals surface area (Å²) >= 11 is 0. The van der Waals surface area contributed by atoms with E-state index >= 15 is 0 Å². The molecular formula is C54H35N3. The summed E-state index contributed by atoms with van der Waals surface area (Å²) in [5.41, 5.74) is 15.4. The van der Waals surface area contributed by atoms with E-state index in [9.17, 15) is 0 Å². The minimum Gasteiger partial charge on any atom is -0.309 e. The first kappa shape index (κ1) is 31.7. The predicted octanol–water partition coefficient (Wildman–Crippen LogP) is 14.3. The molecule has 12 aromatic rings. The molecule has 9 aromatic carbocycles. The van der Waals surface area contributed by atoms with Crippen LogP contribution >= 0.6 is 0 Å². The highest BCUT2D eigenvalue weighted by Crippen LogP contribution is 2.45. The topological polar surface area (TPSA) is 14.8 Å². The Morgan fingerprint density at radius 1 is 0.228 bits per heavy atom. The van der Waals surface area contributed by atoms with Gasteiger partial charge in [0.15, 0.2) is 0 Å². The van der Waals surface area contributed by atoms with Gasteiger partial charge in [0.2, 0.25) is 0 Å². The van der Waals surface area contributed by atoms with E-state index in [0.717, 1.165) is 17.1 Å². The minimum atomic E-state index is 1.14. The van der Waals surface area contributed by atoms with E-state index in [1.54, 1.807) is 0 Å². The summed E-state index contributed by atoms with van der Waals surface area (Å²) in [4.78, 5) is 0. The van der Waals surface area contributed by atoms with E-state index in [1.165, 1.54) is 87.7 Å². The molecule has 0 fully saturated rings. The van der Waals surface area contributed by atoms with Crippen molar-refractivity contribution in [1.82, 2.24) is 13.7 Å². The van der Waals surface area contributed by atoms with E-state index in [4.69, 9.17) is 0 Å². The van der Waals surface area contributed by atoms with Crippen molar-refractivity contribution in [3.63, 3.8) is 0 Å². The van der Waals surface area contributed by atoms with Crippen LogP contribution in [0.2, 0.25) is 0 Å². The smallest absolute Gasteiger partial charge is 0.0619 e. The second-order valence-corrected chi connectivity index (χ2v) is 14.9. The maximum Gasteiger partial charge on any atom is 0.0619 e. The molecule has 3 nitrogen and oxygen atoms in total. The van der Waals surface area contributed by atoms with Crippen LogP contribution < -0.4 is 0 Å². The van der Waals surface area contributed by atoms with Gasteiger partial charge in [0.05, 0.1) is 33.1 Å². The number of nitrogens with zero attached hydrogens (tertiary/aromatic N) is 3. The molecule has 0 aliphatic carbocycles. The Balaban J connectivity index is 1.20. The summed E-state index contributed by atoms with van der Waals surface area (Å²) in [7, 11) is 0. The third kappa shape index (κ3) is 4.73. The normalized spacial score (nSPS) is 11.9. The average molecular weight is 726 g/mol. The number of benzene rings is 9. The second kappa shape index (κ2) is 12.5. The first-order valence-electron chi connectivity index (χ1n) is 19.6. The summed E-state index contributed by atoms with van der Waals surface area (Å²) in [6, 6.07) is 77.5. The van der Waals surface area contributed by atoms with Crippen molar-refractivity contribution in [2.75, 3.05) is 0 Å². The Hall–Kier alpha value is -7.62. The van der Waals surface area contributed by atoms with Crippen molar-refractivity contribution < 1.29 is 0 Å². The van der Waals surface area contributed by atoms with E-state index in [0.29, 0.717) is 0 Å². The fraction of sp³-hybridized carbons (Fsp3) is 0. The molecule has 0 amide bonds. The van der Waals surface area contributed by atoms with Gasteiger partial charge in [0.25, 0.3) is 0 Å². The highest BCUT2D eigenvalue weighted by Gasteiger charge is 2.22. The van der Waals surface area contributed by atoms with Gasteiger partial charge in [-0.05, 0) is 89.5 Å². The maximum absolute atomic E-state index is 2.50. The van der Waals surface area contributed by atoms with Crippen molar-refractivity contribution in [2.24, 2.45) is 0 Å². The fourth-order valence-electron chi connectivity index (χ4n) is 9.41. The molecule has 0 aliphatic heterocycles. The predicted molar refractivity (Wildman–Crippen MR) is 240 cm³/mol. The number of hydrogen-bond donors (Lipinski definition) is 0. The molecule has 3 aromatic heterocycles. The van der Waals surface area contributed by atoms with Crippen LogP contribution in [0.25, 0.3) is 105 Å². The summed E-state index contributed by atoms with van der Waals surface area (Å²) in [5.74, 6) is 0. The highest BCUT2D eigenvalue weighted by atomic mass is 15.0. The Morgan fingerprint density at radius 3 is 1.33 bits per heavy atom. The van der Waals surface area contributed by atoms with Crippen LogP contribution in [0.5, 0.6) is 0 Å². The lowest BCUT2D eigenvalue weighted by Gasteiger charge is -2.17. The van der Waals surface area contributed by atoms with Crippen LogP contribution in [-0.2, 0) is 0 Å². The molecule has 0 radical (unpaired) electrons. The molecule has 0 spiro atoms. The van der Waals surface area contributed by atoms with Gasteiger partial charge < -0.3 is 13.7 Å². The van der Waals surface area contributed by atoms with E-state index in [1.807, 2.05) is 0 Å². The first-order chi connectivity index (χ1) is 28.3. The third-order valence-corrected chi connectivity index (χ3v) is 11.8. The summed E-state index contributed by atoms with van der Waals surface area (Å²) in [6.45, 7) is 0. The molecule has 0 aliphatic rings. The lowest BCUT2D eigenvalue weighted by molar-refractivity contribution is 1.16. The number of aromatic nitrogens is 3. The molecule has 3 heteroatoms. The van der Waals surface area contributed by atoms with Gasteiger partial charge in [-0.25, -0.2) is 0 Å². The lowest BCUT2D eigenvalue weighted by atomic mass is 9.91. The van der Waals surface area contributed by atoms with Gasteiger partial charge in [-0.3, -0.25) is 0 Å². The van der Waals surface area contributed by atoms with Crippen molar-refractivity contribution in [3.8, 4) is 39.3 Å². The average Bonchev–Trinajstić information content (AvgIpc) is 3.92. The van der Waals surface area contributed by atoms with Gasteiger partial charge in [-0.2, -0.15) is 0 Å². The Bertz CT molecular complexity index is 3500. The zero-order valence-corrected chi connectivity index (χ0v) is 31.0. The molecule has 0 saturated carbocycles. The van der Waals surface area contributed by atoms with Gasteiger partial charge in [0, 0.05) is 54.9 Å². The van der Waals surface area contributed by atoms with Crippen LogP contribution in [-0.4, -0.2) is 13.7 Å². The molecule has 0 unspecified atom stereocenters. The molecular weight excluding hydrogens is 691 g/mol. The molecule has 0 atom stereocenters. The zero-order chi connectivity index (χ0) is 37.5. The number of rotatable bonds is 5. The van der Waals surface area contributed by atoms with Gasteiger partial charge in [0.1, 0.15) is 0 Å². The van der Waals surface area contributed by atoms with Crippen molar-refractivity contribution in [2.45, 2.75) is 0 Å².